The van der Waals surface area contributed by atoms with Gasteiger partial charge in [-0.2, -0.15) is 0 Å². The maximum absolute atomic E-state index is 9.66. The topological polar surface area (TPSA) is 38.7 Å². The summed E-state index contributed by atoms with van der Waals surface area (Å²) in [5.41, 5.74) is 2.35. The van der Waals surface area contributed by atoms with Gasteiger partial charge in [0.2, 0.25) is 0 Å². The van der Waals surface area contributed by atoms with E-state index >= 15 is 0 Å². The average Bonchev–Trinajstić information content (AvgIpc) is 2.47. The lowest BCUT2D eigenvalue weighted by Crippen LogP contribution is -2.41. The number of rotatable bonds is 2. The predicted octanol–water partition coefficient (Wildman–Crippen LogP) is 2.35. The van der Waals surface area contributed by atoms with Gasteiger partial charge in [0.15, 0.2) is 0 Å². The molecular weight excluding hydrogens is 239 g/mol. The van der Waals surface area contributed by atoms with Gasteiger partial charge in [0.1, 0.15) is 0 Å². The lowest BCUT2D eigenvalue weighted by molar-refractivity contribution is 0.00578. The van der Waals surface area contributed by atoms with E-state index in [1.54, 1.807) is 6.92 Å². The lowest BCUT2D eigenvalue weighted by Gasteiger charge is -2.32. The molecule has 1 aliphatic rings. The molecule has 0 saturated carbocycles. The van der Waals surface area contributed by atoms with Crippen molar-refractivity contribution >= 4 is 12.6 Å². The minimum absolute atomic E-state index is 0.325. The van der Waals surface area contributed by atoms with Crippen LogP contribution in [0, 0.1) is 6.92 Å². The van der Waals surface area contributed by atoms with Crippen LogP contribution in [0.25, 0.3) is 0 Å². The van der Waals surface area contributed by atoms with E-state index in [0.29, 0.717) is 0 Å². The SMILES string of the molecule is Cc1cc(B2OC(C)(C)C(C)(C)O2)ccc1C(C)O. The molecule has 104 valence electrons. The van der Waals surface area contributed by atoms with E-state index in [1.807, 2.05) is 52.8 Å². The van der Waals surface area contributed by atoms with Crippen molar-refractivity contribution in [3.8, 4) is 0 Å². The number of aliphatic hydroxyl groups is 1. The molecule has 2 rings (SSSR count). The molecule has 4 heteroatoms. The summed E-state index contributed by atoms with van der Waals surface area (Å²) in [7, 11) is -0.341. The van der Waals surface area contributed by atoms with Crippen LogP contribution >= 0.6 is 0 Å². The highest BCUT2D eigenvalue weighted by atomic mass is 16.7. The van der Waals surface area contributed by atoms with E-state index < -0.39 is 6.10 Å². The molecule has 1 aromatic rings. The number of hydrogen-bond acceptors (Lipinski definition) is 3. The Morgan fingerprint density at radius 1 is 1.11 bits per heavy atom. The van der Waals surface area contributed by atoms with E-state index in [-0.39, 0.29) is 18.3 Å². The molecule has 1 saturated heterocycles. The van der Waals surface area contributed by atoms with Crippen molar-refractivity contribution < 1.29 is 14.4 Å². The molecule has 19 heavy (non-hydrogen) atoms. The molecule has 0 amide bonds. The minimum atomic E-state index is -0.452. The fourth-order valence-electron chi connectivity index (χ4n) is 2.29. The van der Waals surface area contributed by atoms with Gasteiger partial charge in [-0.3, -0.25) is 0 Å². The van der Waals surface area contributed by atoms with Crippen LogP contribution in [0.5, 0.6) is 0 Å². The second-order valence-electron chi connectivity index (χ2n) is 6.38. The number of hydrogen-bond donors (Lipinski definition) is 1. The summed E-state index contributed by atoms with van der Waals surface area (Å²) in [6.45, 7) is 12.0. The molecule has 1 aliphatic heterocycles. The molecule has 1 atom stereocenters. The van der Waals surface area contributed by atoms with Gasteiger partial charge in [-0.1, -0.05) is 18.2 Å². The van der Waals surface area contributed by atoms with Crippen molar-refractivity contribution in [2.45, 2.75) is 58.8 Å². The summed E-state index contributed by atoms with van der Waals surface area (Å²) >= 11 is 0. The fourth-order valence-corrected chi connectivity index (χ4v) is 2.29. The Morgan fingerprint density at radius 3 is 2.05 bits per heavy atom. The monoisotopic (exact) mass is 262 g/mol. The van der Waals surface area contributed by atoms with Crippen molar-refractivity contribution in [1.82, 2.24) is 0 Å². The van der Waals surface area contributed by atoms with Crippen molar-refractivity contribution in [3.63, 3.8) is 0 Å². The Morgan fingerprint density at radius 2 is 1.63 bits per heavy atom. The van der Waals surface area contributed by atoms with E-state index in [1.165, 1.54) is 0 Å². The predicted molar refractivity (Wildman–Crippen MR) is 77.5 cm³/mol. The second kappa shape index (κ2) is 4.62. The number of aliphatic hydroxyl groups excluding tert-OH is 1. The van der Waals surface area contributed by atoms with Gasteiger partial charge in [-0.05, 0) is 58.1 Å². The van der Waals surface area contributed by atoms with Gasteiger partial charge in [-0.15, -0.1) is 0 Å². The summed E-state index contributed by atoms with van der Waals surface area (Å²) in [6, 6.07) is 5.95. The normalized spacial score (nSPS) is 22.6. The first kappa shape index (κ1) is 14.6. The third-order valence-electron chi connectivity index (χ3n) is 4.27. The van der Waals surface area contributed by atoms with E-state index in [4.69, 9.17) is 9.31 Å². The summed E-state index contributed by atoms with van der Waals surface area (Å²) in [5, 5.41) is 9.66. The highest BCUT2D eigenvalue weighted by molar-refractivity contribution is 6.62. The van der Waals surface area contributed by atoms with Gasteiger partial charge in [0.05, 0.1) is 17.3 Å². The zero-order valence-corrected chi connectivity index (χ0v) is 12.7. The molecular formula is C15H23BO3. The molecule has 0 aromatic heterocycles. The van der Waals surface area contributed by atoms with Crippen LogP contribution in [-0.4, -0.2) is 23.4 Å². The first-order valence-corrected chi connectivity index (χ1v) is 6.78. The molecule has 0 radical (unpaired) electrons. The molecule has 1 fully saturated rings. The van der Waals surface area contributed by atoms with Gasteiger partial charge < -0.3 is 14.4 Å². The third-order valence-corrected chi connectivity index (χ3v) is 4.27. The van der Waals surface area contributed by atoms with Crippen molar-refractivity contribution in [3.05, 3.63) is 29.3 Å². The molecule has 0 bridgehead atoms. The minimum Gasteiger partial charge on any atom is -0.399 e. The van der Waals surface area contributed by atoms with Crippen LogP contribution in [0.15, 0.2) is 18.2 Å². The van der Waals surface area contributed by atoms with E-state index in [0.717, 1.165) is 16.6 Å². The Bertz CT molecular complexity index is 464. The Hall–Kier alpha value is -0.835. The first-order chi connectivity index (χ1) is 8.64. The standard InChI is InChI=1S/C15H23BO3/c1-10-9-12(7-8-13(10)11(2)17)16-18-14(3,4)15(5,6)19-16/h7-9,11,17H,1-6H3. The van der Waals surface area contributed by atoms with Crippen molar-refractivity contribution in [2.24, 2.45) is 0 Å². The Labute approximate surface area is 116 Å². The fraction of sp³-hybridized carbons (Fsp3) is 0.600. The summed E-state index contributed by atoms with van der Waals surface area (Å²) in [4.78, 5) is 0. The molecule has 1 unspecified atom stereocenters. The second-order valence-corrected chi connectivity index (χ2v) is 6.38. The quantitative estimate of drug-likeness (QED) is 0.831. The zero-order chi connectivity index (χ0) is 14.4. The van der Waals surface area contributed by atoms with Gasteiger partial charge in [-0.25, -0.2) is 0 Å². The van der Waals surface area contributed by atoms with E-state index in [9.17, 15) is 5.11 Å². The van der Waals surface area contributed by atoms with E-state index in [2.05, 4.69) is 0 Å². The van der Waals surface area contributed by atoms with Gasteiger partial charge in [0, 0.05) is 0 Å². The van der Waals surface area contributed by atoms with Crippen LogP contribution in [0.4, 0.5) is 0 Å². The Balaban J connectivity index is 2.28. The molecule has 3 nitrogen and oxygen atoms in total. The van der Waals surface area contributed by atoms with Crippen molar-refractivity contribution in [2.75, 3.05) is 0 Å². The summed E-state index contributed by atoms with van der Waals surface area (Å²) in [6.07, 6.45) is -0.452. The van der Waals surface area contributed by atoms with Crippen LogP contribution in [0.1, 0.15) is 51.8 Å². The molecule has 0 spiro atoms. The first-order valence-electron chi connectivity index (χ1n) is 6.78. The summed E-state index contributed by atoms with van der Waals surface area (Å²) in [5.74, 6) is 0. The lowest BCUT2D eigenvalue weighted by atomic mass is 9.77. The van der Waals surface area contributed by atoms with Crippen LogP contribution < -0.4 is 5.46 Å². The maximum Gasteiger partial charge on any atom is 0.494 e. The van der Waals surface area contributed by atoms with Crippen molar-refractivity contribution in [1.29, 1.82) is 0 Å². The molecule has 0 aliphatic carbocycles. The number of aryl methyl sites for hydroxylation is 1. The van der Waals surface area contributed by atoms with Gasteiger partial charge >= 0.3 is 7.12 Å². The summed E-state index contributed by atoms with van der Waals surface area (Å²) < 4.78 is 12.0. The molecule has 1 heterocycles. The largest absolute Gasteiger partial charge is 0.494 e. The highest BCUT2D eigenvalue weighted by Gasteiger charge is 2.51. The van der Waals surface area contributed by atoms with Crippen LogP contribution in [0.3, 0.4) is 0 Å². The molecule has 1 aromatic carbocycles. The zero-order valence-electron chi connectivity index (χ0n) is 12.7. The van der Waals surface area contributed by atoms with Crippen LogP contribution in [0.2, 0.25) is 0 Å². The Kier molecular flexibility index (Phi) is 3.54. The van der Waals surface area contributed by atoms with Gasteiger partial charge in [0.25, 0.3) is 0 Å². The smallest absolute Gasteiger partial charge is 0.399 e. The molecule has 1 N–H and O–H groups in total. The third kappa shape index (κ3) is 2.57. The van der Waals surface area contributed by atoms with Crippen LogP contribution in [-0.2, 0) is 9.31 Å². The maximum atomic E-state index is 9.66. The number of benzene rings is 1. The average molecular weight is 262 g/mol. The highest BCUT2D eigenvalue weighted by Crippen LogP contribution is 2.36.